The van der Waals surface area contributed by atoms with Crippen LogP contribution < -0.4 is 10.6 Å². The van der Waals surface area contributed by atoms with Gasteiger partial charge in [0.2, 0.25) is 5.91 Å². The molecule has 0 aliphatic heterocycles. The van der Waals surface area contributed by atoms with Crippen LogP contribution in [0.2, 0.25) is 0 Å². The van der Waals surface area contributed by atoms with Crippen LogP contribution in [0.25, 0.3) is 0 Å². The number of amides is 2. The highest BCUT2D eigenvalue weighted by atomic mass is 16.2. The van der Waals surface area contributed by atoms with Crippen molar-refractivity contribution in [3.63, 3.8) is 0 Å². The van der Waals surface area contributed by atoms with Crippen molar-refractivity contribution >= 4 is 17.5 Å². The van der Waals surface area contributed by atoms with E-state index in [-0.39, 0.29) is 24.9 Å². The van der Waals surface area contributed by atoms with Gasteiger partial charge in [0.25, 0.3) is 5.91 Å². The number of anilines is 1. The van der Waals surface area contributed by atoms with E-state index >= 15 is 0 Å². The molecule has 0 saturated carbocycles. The van der Waals surface area contributed by atoms with Gasteiger partial charge in [-0.2, -0.15) is 5.26 Å². The summed E-state index contributed by atoms with van der Waals surface area (Å²) < 4.78 is 0. The van der Waals surface area contributed by atoms with Gasteiger partial charge in [-0.15, -0.1) is 0 Å². The van der Waals surface area contributed by atoms with Gasteiger partial charge >= 0.3 is 0 Å². The number of nitrogens with zero attached hydrogens (tertiary/aromatic N) is 2. The van der Waals surface area contributed by atoms with Gasteiger partial charge in [-0.25, -0.2) is 0 Å². The van der Waals surface area contributed by atoms with Crippen LogP contribution in [0.15, 0.2) is 24.3 Å². The Hall–Kier alpha value is -2.39. The Morgan fingerprint density at radius 3 is 2.73 bits per heavy atom. The summed E-state index contributed by atoms with van der Waals surface area (Å²) in [4.78, 5) is 25.6. The number of carbonyl (C=O) groups excluding carboxylic acids is 2. The lowest BCUT2D eigenvalue weighted by Gasteiger charge is -2.17. The molecule has 0 radical (unpaired) electrons. The van der Waals surface area contributed by atoms with Crippen molar-refractivity contribution in [2.75, 3.05) is 31.5 Å². The second kappa shape index (κ2) is 9.53. The summed E-state index contributed by atoms with van der Waals surface area (Å²) in [5.74, 6) is -0.368. The highest BCUT2D eigenvalue weighted by Crippen LogP contribution is 2.10. The molecular weight excluding hydrogens is 280 g/mol. The molecule has 0 aromatic heterocycles. The zero-order chi connectivity index (χ0) is 16.4. The van der Waals surface area contributed by atoms with Crippen LogP contribution in [-0.2, 0) is 4.79 Å². The van der Waals surface area contributed by atoms with Crippen molar-refractivity contribution in [2.45, 2.75) is 20.3 Å². The summed E-state index contributed by atoms with van der Waals surface area (Å²) >= 11 is 0. The fourth-order valence-corrected chi connectivity index (χ4v) is 2.03. The number of nitriles is 1. The summed E-state index contributed by atoms with van der Waals surface area (Å²) in [5.41, 5.74) is 1.07. The third kappa shape index (κ3) is 5.94. The lowest BCUT2D eigenvalue weighted by molar-refractivity contribution is -0.117. The van der Waals surface area contributed by atoms with Crippen molar-refractivity contribution in [3.8, 4) is 6.07 Å². The molecule has 6 nitrogen and oxygen atoms in total. The highest BCUT2D eigenvalue weighted by molar-refractivity contribution is 5.97. The largest absolute Gasteiger partial charge is 0.352 e. The van der Waals surface area contributed by atoms with Crippen LogP contribution in [0.5, 0.6) is 0 Å². The molecule has 0 aliphatic rings. The number of benzene rings is 1. The molecule has 0 atom stereocenters. The molecule has 0 aliphatic carbocycles. The van der Waals surface area contributed by atoms with Crippen LogP contribution in [0.1, 0.15) is 30.6 Å². The van der Waals surface area contributed by atoms with E-state index in [0.717, 1.165) is 6.42 Å². The zero-order valence-corrected chi connectivity index (χ0v) is 13.1. The fourth-order valence-electron chi connectivity index (χ4n) is 2.03. The van der Waals surface area contributed by atoms with E-state index in [2.05, 4.69) is 16.7 Å². The van der Waals surface area contributed by atoms with Gasteiger partial charge in [0.15, 0.2) is 0 Å². The third-order valence-electron chi connectivity index (χ3n) is 2.95. The fraction of sp³-hybridized carbons (Fsp3) is 0.438. The molecule has 0 bridgehead atoms. The van der Waals surface area contributed by atoms with E-state index in [1.54, 1.807) is 29.2 Å². The lowest BCUT2D eigenvalue weighted by atomic mass is 10.2. The van der Waals surface area contributed by atoms with E-state index in [1.807, 2.05) is 13.8 Å². The Labute approximate surface area is 131 Å². The van der Waals surface area contributed by atoms with Gasteiger partial charge in [-0.05, 0) is 38.1 Å². The topological polar surface area (TPSA) is 85.2 Å². The number of nitrogens with one attached hydrogen (secondary N) is 2. The molecule has 1 rings (SSSR count). The van der Waals surface area contributed by atoms with Crippen molar-refractivity contribution in [1.82, 2.24) is 10.2 Å². The molecule has 6 heteroatoms. The number of hydrogen-bond acceptors (Lipinski definition) is 4. The van der Waals surface area contributed by atoms with E-state index in [1.165, 1.54) is 0 Å². The third-order valence-corrected chi connectivity index (χ3v) is 2.95. The summed E-state index contributed by atoms with van der Waals surface area (Å²) in [5, 5.41) is 14.2. The summed E-state index contributed by atoms with van der Waals surface area (Å²) in [6.07, 6.45) is 0.877. The molecule has 2 amide bonds. The monoisotopic (exact) mass is 302 g/mol. The maximum Gasteiger partial charge on any atom is 0.251 e. The molecule has 2 N–H and O–H groups in total. The number of hydrogen-bond donors (Lipinski definition) is 2. The minimum atomic E-state index is -0.197. The van der Waals surface area contributed by atoms with Gasteiger partial charge in [0, 0.05) is 17.8 Å². The summed E-state index contributed by atoms with van der Waals surface area (Å²) in [6.45, 7) is 5.47. The first kappa shape index (κ1) is 17.7. The van der Waals surface area contributed by atoms with E-state index in [4.69, 9.17) is 5.26 Å². The van der Waals surface area contributed by atoms with Crippen molar-refractivity contribution < 1.29 is 9.59 Å². The average molecular weight is 302 g/mol. The molecule has 0 spiro atoms. The molecule has 1 aromatic rings. The number of rotatable bonds is 8. The minimum absolute atomic E-state index is 0.160. The lowest BCUT2D eigenvalue weighted by Crippen LogP contribution is -2.34. The van der Waals surface area contributed by atoms with Gasteiger partial charge < -0.3 is 10.6 Å². The van der Waals surface area contributed by atoms with Crippen LogP contribution in [-0.4, -0.2) is 42.9 Å². The molecule has 0 saturated heterocycles. The Balaban J connectivity index is 2.66. The zero-order valence-electron chi connectivity index (χ0n) is 13.1. The second-order valence-electron chi connectivity index (χ2n) is 4.86. The normalized spacial score (nSPS) is 10.1. The van der Waals surface area contributed by atoms with E-state index in [0.29, 0.717) is 24.3 Å². The van der Waals surface area contributed by atoms with Crippen molar-refractivity contribution in [2.24, 2.45) is 0 Å². The Kier molecular flexibility index (Phi) is 7.65. The van der Waals surface area contributed by atoms with Crippen molar-refractivity contribution in [1.29, 1.82) is 5.26 Å². The molecule has 0 heterocycles. The van der Waals surface area contributed by atoms with Crippen LogP contribution >= 0.6 is 0 Å². The summed E-state index contributed by atoms with van der Waals surface area (Å²) in [6, 6.07) is 8.84. The molecular formula is C16H22N4O2. The average Bonchev–Trinajstić information content (AvgIpc) is 2.48. The smallest absolute Gasteiger partial charge is 0.251 e. The van der Waals surface area contributed by atoms with E-state index in [9.17, 15) is 9.59 Å². The molecule has 0 fully saturated rings. The van der Waals surface area contributed by atoms with Crippen LogP contribution in [0.3, 0.4) is 0 Å². The standard InChI is InChI=1S/C16H22N4O2/c1-3-9-20(10-8-17)12-15(21)19-14-7-5-6-13(11-14)16(22)18-4-2/h5-7,11H,3-4,9-10,12H2,1-2H3,(H,18,22)(H,19,21). The van der Waals surface area contributed by atoms with E-state index < -0.39 is 0 Å². The van der Waals surface area contributed by atoms with Crippen LogP contribution in [0, 0.1) is 11.3 Å². The molecule has 22 heavy (non-hydrogen) atoms. The Bertz CT molecular complexity index is 551. The van der Waals surface area contributed by atoms with Crippen LogP contribution in [0.4, 0.5) is 5.69 Å². The van der Waals surface area contributed by atoms with Gasteiger partial charge in [-0.3, -0.25) is 14.5 Å². The first-order chi connectivity index (χ1) is 10.6. The Morgan fingerprint density at radius 1 is 1.32 bits per heavy atom. The summed E-state index contributed by atoms with van der Waals surface area (Å²) in [7, 11) is 0. The predicted octanol–water partition coefficient (Wildman–Crippen LogP) is 1.61. The molecule has 1 aromatic carbocycles. The Morgan fingerprint density at radius 2 is 2.09 bits per heavy atom. The molecule has 0 unspecified atom stereocenters. The highest BCUT2D eigenvalue weighted by Gasteiger charge is 2.11. The maximum absolute atomic E-state index is 12.0. The van der Waals surface area contributed by atoms with Gasteiger partial charge in [0.1, 0.15) is 0 Å². The first-order valence-electron chi connectivity index (χ1n) is 7.38. The van der Waals surface area contributed by atoms with Gasteiger partial charge in [0.05, 0.1) is 19.2 Å². The second-order valence-corrected chi connectivity index (χ2v) is 4.86. The molecule has 118 valence electrons. The SMILES string of the molecule is CCCN(CC#N)CC(=O)Nc1cccc(C(=O)NCC)c1. The predicted molar refractivity (Wildman–Crippen MR) is 85.4 cm³/mol. The quantitative estimate of drug-likeness (QED) is 0.714. The minimum Gasteiger partial charge on any atom is -0.352 e. The van der Waals surface area contributed by atoms with Crippen molar-refractivity contribution in [3.05, 3.63) is 29.8 Å². The first-order valence-corrected chi connectivity index (χ1v) is 7.38. The number of carbonyl (C=O) groups is 2. The maximum atomic E-state index is 12.0. The van der Waals surface area contributed by atoms with Gasteiger partial charge in [-0.1, -0.05) is 13.0 Å².